The van der Waals surface area contributed by atoms with E-state index in [9.17, 15) is 9.59 Å². The van der Waals surface area contributed by atoms with Gasteiger partial charge < -0.3 is 20.4 Å². The molecule has 1 aromatic heterocycles. The molecule has 3 heterocycles. The normalized spacial score (nSPS) is 30.4. The molecule has 4 atom stereocenters. The fourth-order valence-corrected chi connectivity index (χ4v) is 5.99. The van der Waals surface area contributed by atoms with Crippen molar-refractivity contribution in [1.82, 2.24) is 14.9 Å². The van der Waals surface area contributed by atoms with Gasteiger partial charge in [-0.1, -0.05) is 20.3 Å². The summed E-state index contributed by atoms with van der Waals surface area (Å²) in [7, 11) is 1.91. The molecular weight excluding hydrogens is 380 g/mol. The number of aryl methyl sites for hydroxylation is 1. The molecule has 8 heteroatoms. The first-order valence-electron chi connectivity index (χ1n) is 11.3. The summed E-state index contributed by atoms with van der Waals surface area (Å²) < 4.78 is 0. The molecule has 2 aliphatic heterocycles. The molecule has 2 N–H and O–H groups in total. The molecule has 2 bridgehead atoms. The van der Waals surface area contributed by atoms with Crippen LogP contribution in [0.5, 0.6) is 0 Å². The minimum atomic E-state index is -0.252. The minimum Gasteiger partial charge on any atom is -0.348 e. The van der Waals surface area contributed by atoms with E-state index in [-0.39, 0.29) is 29.8 Å². The van der Waals surface area contributed by atoms with Gasteiger partial charge in [0.05, 0.1) is 11.7 Å². The van der Waals surface area contributed by atoms with Crippen LogP contribution in [0.4, 0.5) is 17.5 Å². The van der Waals surface area contributed by atoms with Crippen molar-refractivity contribution in [1.29, 1.82) is 0 Å². The Bertz CT molecular complexity index is 881. The zero-order valence-electron chi connectivity index (χ0n) is 18.3. The zero-order valence-corrected chi connectivity index (χ0v) is 18.3. The van der Waals surface area contributed by atoms with Crippen molar-refractivity contribution in [3.05, 3.63) is 5.69 Å². The molecule has 3 unspecified atom stereocenters. The maximum Gasteiger partial charge on any atom is 0.247 e. The molecule has 0 radical (unpaired) electrons. The third kappa shape index (κ3) is 3.11. The maximum atomic E-state index is 12.9. The first-order chi connectivity index (χ1) is 14.3. The summed E-state index contributed by atoms with van der Waals surface area (Å²) in [5.41, 5.74) is 1.44. The number of hydrogen-bond donors (Lipinski definition) is 2. The number of aromatic nitrogens is 2. The number of fused-ring (bicyclic) bond motifs is 3. The van der Waals surface area contributed by atoms with E-state index in [0.29, 0.717) is 36.6 Å². The van der Waals surface area contributed by atoms with Crippen molar-refractivity contribution < 1.29 is 9.59 Å². The third-order valence-corrected chi connectivity index (χ3v) is 7.55. The van der Waals surface area contributed by atoms with Crippen LogP contribution in [0, 0.1) is 30.6 Å². The Morgan fingerprint density at radius 1 is 1.20 bits per heavy atom. The van der Waals surface area contributed by atoms with Crippen molar-refractivity contribution in [2.75, 3.05) is 35.7 Å². The molecular formula is C22H32N6O2. The van der Waals surface area contributed by atoms with Gasteiger partial charge >= 0.3 is 0 Å². The largest absolute Gasteiger partial charge is 0.348 e. The molecule has 3 fully saturated rings. The Balaban J connectivity index is 1.24. The average Bonchev–Trinajstić information content (AvgIpc) is 3.28. The van der Waals surface area contributed by atoms with Gasteiger partial charge in [-0.3, -0.25) is 9.59 Å². The lowest BCUT2D eigenvalue weighted by Crippen LogP contribution is -2.59. The number of nitrogens with one attached hydrogen (secondary N) is 2. The number of amides is 2. The van der Waals surface area contributed by atoms with Crippen LogP contribution in [0.25, 0.3) is 0 Å². The number of anilines is 3. The van der Waals surface area contributed by atoms with Gasteiger partial charge in [-0.25, -0.2) is 4.98 Å². The van der Waals surface area contributed by atoms with Gasteiger partial charge in [0.15, 0.2) is 5.82 Å². The van der Waals surface area contributed by atoms with Crippen LogP contribution in [-0.4, -0.2) is 58.9 Å². The Labute approximate surface area is 177 Å². The summed E-state index contributed by atoms with van der Waals surface area (Å²) in [5.74, 6) is 3.50. The second-order valence-corrected chi connectivity index (χ2v) is 9.99. The van der Waals surface area contributed by atoms with Crippen LogP contribution in [0.1, 0.15) is 45.2 Å². The van der Waals surface area contributed by atoms with E-state index in [0.717, 1.165) is 23.9 Å². The van der Waals surface area contributed by atoms with E-state index in [1.807, 2.05) is 37.6 Å². The van der Waals surface area contributed by atoms with E-state index in [1.54, 1.807) is 0 Å². The summed E-state index contributed by atoms with van der Waals surface area (Å²) in [6.45, 7) is 7.40. The molecule has 30 heavy (non-hydrogen) atoms. The monoisotopic (exact) mass is 412 g/mol. The van der Waals surface area contributed by atoms with Crippen LogP contribution in [0.2, 0.25) is 0 Å². The van der Waals surface area contributed by atoms with Gasteiger partial charge in [0, 0.05) is 26.1 Å². The Morgan fingerprint density at radius 2 is 1.97 bits per heavy atom. The number of likely N-dealkylation sites (N-methyl/N-ethyl adjacent to an activating group) is 1. The first kappa shape index (κ1) is 19.6. The average molecular weight is 413 g/mol. The van der Waals surface area contributed by atoms with E-state index >= 15 is 0 Å². The van der Waals surface area contributed by atoms with Gasteiger partial charge in [0.1, 0.15) is 11.7 Å². The van der Waals surface area contributed by atoms with Crippen molar-refractivity contribution in [2.45, 2.75) is 58.5 Å². The Morgan fingerprint density at radius 3 is 2.60 bits per heavy atom. The van der Waals surface area contributed by atoms with Crippen molar-refractivity contribution in [3.8, 4) is 0 Å². The third-order valence-electron chi connectivity index (χ3n) is 7.55. The number of rotatable bonds is 4. The predicted octanol–water partition coefficient (Wildman–Crippen LogP) is 2.26. The summed E-state index contributed by atoms with van der Waals surface area (Å²) in [5, 5.41) is 6.38. The number of likely N-dealkylation sites (tertiary alicyclic amines) is 1. The van der Waals surface area contributed by atoms with E-state index in [4.69, 9.17) is 4.98 Å². The zero-order chi connectivity index (χ0) is 21.2. The second-order valence-electron chi connectivity index (χ2n) is 9.99. The summed E-state index contributed by atoms with van der Waals surface area (Å²) in [6, 6.07) is -0.0763. The van der Waals surface area contributed by atoms with Gasteiger partial charge in [-0.15, -0.1) is 0 Å². The molecule has 4 aliphatic rings. The lowest BCUT2D eigenvalue weighted by Gasteiger charge is -2.42. The molecule has 2 amide bonds. The van der Waals surface area contributed by atoms with Crippen molar-refractivity contribution >= 4 is 29.3 Å². The quantitative estimate of drug-likeness (QED) is 0.788. The summed E-state index contributed by atoms with van der Waals surface area (Å²) in [4.78, 5) is 38.5. The standard InChI is InChI=1S/C22H32N6O2/c1-11(2)18-20(29)25-17-12(3)23-22(26-19(17)27(18)4)24-15-9-28(10-15)21(30)16-8-13-5-6-14(16)7-13/h11,13-16,18H,5-10H2,1-4H3,(H,25,29)(H,23,24,26)/t13?,14?,16?,18-/m0/s1. The van der Waals surface area contributed by atoms with Gasteiger partial charge in [-0.05, 0) is 43.9 Å². The molecule has 0 aromatic carbocycles. The molecule has 1 aromatic rings. The molecule has 0 spiro atoms. The second kappa shape index (κ2) is 7.10. The maximum absolute atomic E-state index is 12.9. The van der Waals surface area contributed by atoms with Gasteiger partial charge in [-0.2, -0.15) is 4.98 Å². The highest BCUT2D eigenvalue weighted by Gasteiger charge is 2.46. The Hall–Kier alpha value is -2.38. The van der Waals surface area contributed by atoms with Crippen LogP contribution in [-0.2, 0) is 9.59 Å². The van der Waals surface area contributed by atoms with Crippen LogP contribution >= 0.6 is 0 Å². The van der Waals surface area contributed by atoms with Crippen LogP contribution in [0.3, 0.4) is 0 Å². The fourth-order valence-electron chi connectivity index (χ4n) is 5.99. The number of hydrogen-bond acceptors (Lipinski definition) is 6. The highest BCUT2D eigenvalue weighted by Crippen LogP contribution is 2.49. The highest BCUT2D eigenvalue weighted by molar-refractivity contribution is 6.03. The topological polar surface area (TPSA) is 90.5 Å². The lowest BCUT2D eigenvalue weighted by molar-refractivity contribution is -0.141. The summed E-state index contributed by atoms with van der Waals surface area (Å²) >= 11 is 0. The van der Waals surface area contributed by atoms with E-state index in [1.165, 1.54) is 19.3 Å². The molecule has 5 rings (SSSR count). The molecule has 2 saturated carbocycles. The molecule has 2 aliphatic carbocycles. The van der Waals surface area contributed by atoms with E-state index < -0.39 is 0 Å². The summed E-state index contributed by atoms with van der Waals surface area (Å²) in [6.07, 6.45) is 4.91. The predicted molar refractivity (Wildman–Crippen MR) is 115 cm³/mol. The molecule has 162 valence electrons. The number of nitrogens with zero attached hydrogens (tertiary/aromatic N) is 4. The first-order valence-corrected chi connectivity index (χ1v) is 11.3. The van der Waals surface area contributed by atoms with E-state index in [2.05, 4.69) is 15.6 Å². The lowest BCUT2D eigenvalue weighted by atomic mass is 9.87. The molecule has 1 saturated heterocycles. The van der Waals surface area contributed by atoms with Crippen molar-refractivity contribution in [2.24, 2.45) is 23.7 Å². The van der Waals surface area contributed by atoms with Crippen molar-refractivity contribution in [3.63, 3.8) is 0 Å². The molecule has 8 nitrogen and oxygen atoms in total. The minimum absolute atomic E-state index is 0.0128. The smallest absolute Gasteiger partial charge is 0.247 e. The van der Waals surface area contributed by atoms with Gasteiger partial charge in [0.25, 0.3) is 0 Å². The van der Waals surface area contributed by atoms with Crippen LogP contribution < -0.4 is 15.5 Å². The fraction of sp³-hybridized carbons (Fsp3) is 0.727. The number of carbonyl (C=O) groups is 2. The van der Waals surface area contributed by atoms with Crippen LogP contribution in [0.15, 0.2) is 0 Å². The SMILES string of the molecule is Cc1nc(NC2CN(C(=O)C3CC4CCC3C4)C2)nc2c1NC(=O)[C@H](C(C)C)N2C. The Kier molecular flexibility index (Phi) is 4.63. The highest BCUT2D eigenvalue weighted by atomic mass is 16.2. The number of carbonyl (C=O) groups excluding carboxylic acids is 2. The van der Waals surface area contributed by atoms with Gasteiger partial charge in [0.2, 0.25) is 17.8 Å².